The number of rotatable bonds is 4. The van der Waals surface area contributed by atoms with Crippen LogP contribution in [0.15, 0.2) is 21.4 Å². The number of aromatic nitrogens is 1. The van der Waals surface area contributed by atoms with E-state index in [1.165, 1.54) is 0 Å². The molecule has 7 heteroatoms. The summed E-state index contributed by atoms with van der Waals surface area (Å²) in [4.78, 5) is 6.31. The van der Waals surface area contributed by atoms with Crippen LogP contribution in [0.2, 0.25) is 5.02 Å². The molecule has 0 amide bonds. The molecule has 0 bridgehead atoms. The third-order valence-corrected chi connectivity index (χ3v) is 6.75. The van der Waals surface area contributed by atoms with Gasteiger partial charge < -0.3 is 9.32 Å². The minimum absolute atomic E-state index is 0.0246. The molecule has 134 valence electrons. The van der Waals surface area contributed by atoms with Crippen LogP contribution >= 0.6 is 11.6 Å². The quantitative estimate of drug-likeness (QED) is 0.814. The summed E-state index contributed by atoms with van der Waals surface area (Å²) in [7, 11) is -0.0526. The molecule has 0 aliphatic rings. The molecule has 2 rings (SSSR count). The van der Waals surface area contributed by atoms with Gasteiger partial charge in [-0.15, -0.1) is 0 Å². The first-order valence-electron chi connectivity index (χ1n) is 7.76. The molecule has 0 saturated heterocycles. The van der Waals surface area contributed by atoms with Gasteiger partial charge in [-0.1, -0.05) is 32.4 Å². The Labute approximate surface area is 148 Å². The van der Waals surface area contributed by atoms with Crippen LogP contribution in [0.5, 0.6) is 0 Å². The van der Waals surface area contributed by atoms with Crippen LogP contribution in [0.3, 0.4) is 0 Å². The van der Waals surface area contributed by atoms with Crippen LogP contribution in [-0.2, 0) is 15.3 Å². The van der Waals surface area contributed by atoms with Gasteiger partial charge >= 0.3 is 0 Å². The molecule has 1 aromatic heterocycles. The fourth-order valence-corrected chi connectivity index (χ4v) is 4.79. The Kier molecular flexibility index (Phi) is 4.81. The van der Waals surface area contributed by atoms with Crippen molar-refractivity contribution in [3.8, 4) is 0 Å². The summed E-state index contributed by atoms with van der Waals surface area (Å²) in [5.74, 6) is 0.488. The highest BCUT2D eigenvalue weighted by Crippen LogP contribution is 2.38. The smallest absolute Gasteiger partial charge is 0.200 e. The van der Waals surface area contributed by atoms with Gasteiger partial charge in [0.15, 0.2) is 15.4 Å². The molecule has 0 spiro atoms. The normalized spacial score (nSPS) is 13.9. The van der Waals surface area contributed by atoms with Crippen molar-refractivity contribution in [3.05, 3.63) is 23.0 Å². The number of hydrogen-bond acceptors (Lipinski definition) is 5. The summed E-state index contributed by atoms with van der Waals surface area (Å²) in [6.45, 7) is 9.63. The van der Waals surface area contributed by atoms with Crippen LogP contribution in [-0.4, -0.2) is 43.7 Å². The maximum Gasteiger partial charge on any atom is 0.200 e. The molecule has 24 heavy (non-hydrogen) atoms. The van der Waals surface area contributed by atoms with Gasteiger partial charge in [-0.05, 0) is 40.1 Å². The van der Waals surface area contributed by atoms with Crippen molar-refractivity contribution >= 4 is 32.5 Å². The van der Waals surface area contributed by atoms with E-state index in [9.17, 15) is 8.42 Å². The van der Waals surface area contributed by atoms with E-state index in [4.69, 9.17) is 16.0 Å². The van der Waals surface area contributed by atoms with Gasteiger partial charge in [0.1, 0.15) is 10.4 Å². The van der Waals surface area contributed by atoms with Crippen LogP contribution in [0.25, 0.3) is 11.1 Å². The van der Waals surface area contributed by atoms with Crippen molar-refractivity contribution in [3.63, 3.8) is 0 Å². The molecule has 0 saturated carbocycles. The average Bonchev–Trinajstić information content (AvgIpc) is 2.79. The highest BCUT2D eigenvalue weighted by Gasteiger charge is 2.40. The number of halogens is 1. The summed E-state index contributed by atoms with van der Waals surface area (Å²) in [5, 5.41) is 0.158. The van der Waals surface area contributed by atoms with E-state index in [1.54, 1.807) is 26.0 Å². The van der Waals surface area contributed by atoms with Gasteiger partial charge in [0.05, 0.1) is 9.77 Å². The molecule has 0 atom stereocenters. The highest BCUT2D eigenvalue weighted by molar-refractivity contribution is 7.93. The largest absolute Gasteiger partial charge is 0.439 e. The first kappa shape index (κ1) is 19.2. The van der Waals surface area contributed by atoms with Crippen LogP contribution < -0.4 is 0 Å². The van der Waals surface area contributed by atoms with Crippen molar-refractivity contribution in [2.45, 2.75) is 49.7 Å². The SMILES string of the molecule is CN(C)CC(C)(C)S(=O)(=O)c1c(Cl)ccc2nc(C(C)(C)C)oc12. The van der Waals surface area contributed by atoms with Crippen LogP contribution in [0.1, 0.15) is 40.5 Å². The summed E-state index contributed by atoms with van der Waals surface area (Å²) < 4.78 is 31.4. The molecule has 5 nitrogen and oxygen atoms in total. The molecule has 0 unspecified atom stereocenters. The number of fused-ring (bicyclic) bond motifs is 1. The second kappa shape index (κ2) is 6.00. The number of benzene rings is 1. The molecule has 1 heterocycles. The minimum atomic E-state index is -3.73. The average molecular weight is 373 g/mol. The number of sulfone groups is 1. The second-order valence-corrected chi connectivity index (χ2v) is 10.9. The van der Waals surface area contributed by atoms with E-state index in [0.717, 1.165) is 0 Å². The van der Waals surface area contributed by atoms with E-state index >= 15 is 0 Å². The maximum atomic E-state index is 13.3. The lowest BCUT2D eigenvalue weighted by Crippen LogP contribution is -2.41. The zero-order chi connectivity index (χ0) is 18.5. The van der Waals surface area contributed by atoms with Gasteiger partial charge in [-0.25, -0.2) is 13.4 Å². The highest BCUT2D eigenvalue weighted by atomic mass is 35.5. The lowest BCUT2D eigenvalue weighted by Gasteiger charge is -2.28. The fraction of sp³-hybridized carbons (Fsp3) is 0.588. The number of hydrogen-bond donors (Lipinski definition) is 0. The Morgan fingerprint density at radius 3 is 2.25 bits per heavy atom. The van der Waals surface area contributed by atoms with Gasteiger partial charge in [-0.3, -0.25) is 0 Å². The predicted octanol–water partition coefficient (Wildman–Crippen LogP) is 3.89. The van der Waals surface area contributed by atoms with Gasteiger partial charge in [0.2, 0.25) is 5.89 Å². The van der Waals surface area contributed by atoms with E-state index in [2.05, 4.69) is 4.98 Å². The maximum absolute atomic E-state index is 13.3. The monoisotopic (exact) mass is 372 g/mol. The van der Waals surface area contributed by atoms with Crippen molar-refractivity contribution < 1.29 is 12.8 Å². The number of nitrogens with zero attached hydrogens (tertiary/aromatic N) is 2. The van der Waals surface area contributed by atoms with E-state index in [1.807, 2.05) is 39.8 Å². The first-order valence-corrected chi connectivity index (χ1v) is 9.62. The summed E-state index contributed by atoms with van der Waals surface area (Å²) in [6.07, 6.45) is 0. The van der Waals surface area contributed by atoms with Crippen molar-refractivity contribution in [1.29, 1.82) is 0 Å². The fourth-order valence-electron chi connectivity index (χ4n) is 2.64. The Bertz CT molecular complexity index is 862. The molecular formula is C17H25ClN2O3S. The minimum Gasteiger partial charge on any atom is -0.439 e. The molecule has 2 aromatic rings. The zero-order valence-electron chi connectivity index (χ0n) is 15.3. The first-order chi connectivity index (χ1) is 10.8. The second-order valence-electron chi connectivity index (χ2n) is 7.99. The lowest BCUT2D eigenvalue weighted by atomic mass is 9.97. The topological polar surface area (TPSA) is 63.4 Å². The van der Waals surface area contributed by atoms with Gasteiger partial charge in [-0.2, -0.15) is 0 Å². The van der Waals surface area contributed by atoms with E-state index in [-0.39, 0.29) is 20.9 Å². The molecule has 0 fully saturated rings. The standard InChI is InChI=1S/C17H25ClN2O3S/c1-16(2,3)15-19-12-9-8-11(18)14(13(12)23-15)24(21,22)17(4,5)10-20(6)7/h8-9H,10H2,1-7H3. The van der Waals surface area contributed by atoms with Crippen molar-refractivity contribution in [2.75, 3.05) is 20.6 Å². The van der Waals surface area contributed by atoms with E-state index in [0.29, 0.717) is 18.0 Å². The summed E-state index contributed by atoms with van der Waals surface area (Å²) in [6, 6.07) is 3.26. The molecule has 0 N–H and O–H groups in total. The Morgan fingerprint density at radius 2 is 1.75 bits per heavy atom. The summed E-state index contributed by atoms with van der Waals surface area (Å²) >= 11 is 6.27. The lowest BCUT2D eigenvalue weighted by molar-refractivity contribution is 0.360. The predicted molar refractivity (Wildman–Crippen MR) is 97.5 cm³/mol. The molecule has 0 aliphatic heterocycles. The molecule has 0 radical (unpaired) electrons. The van der Waals surface area contributed by atoms with Crippen LogP contribution in [0, 0.1) is 0 Å². The Balaban J connectivity index is 2.76. The third kappa shape index (κ3) is 3.32. The van der Waals surface area contributed by atoms with Crippen molar-refractivity contribution in [1.82, 2.24) is 9.88 Å². The van der Waals surface area contributed by atoms with Gasteiger partial charge in [0, 0.05) is 12.0 Å². The third-order valence-electron chi connectivity index (χ3n) is 3.80. The van der Waals surface area contributed by atoms with Gasteiger partial charge in [0.25, 0.3) is 0 Å². The Hall–Kier alpha value is -1.11. The molecule has 0 aliphatic carbocycles. The van der Waals surface area contributed by atoms with E-state index < -0.39 is 14.6 Å². The zero-order valence-corrected chi connectivity index (χ0v) is 16.8. The van der Waals surface area contributed by atoms with Crippen molar-refractivity contribution in [2.24, 2.45) is 0 Å². The molecule has 1 aromatic carbocycles. The number of oxazole rings is 1. The Morgan fingerprint density at radius 1 is 1.17 bits per heavy atom. The summed E-state index contributed by atoms with van der Waals surface area (Å²) in [5.41, 5.74) is 0.411. The molecular weight excluding hydrogens is 348 g/mol. The van der Waals surface area contributed by atoms with Crippen LogP contribution in [0.4, 0.5) is 0 Å².